The first-order valence-corrected chi connectivity index (χ1v) is 8.47. The van der Waals surface area contributed by atoms with E-state index in [9.17, 15) is 9.90 Å². The van der Waals surface area contributed by atoms with E-state index in [1.54, 1.807) is 17.0 Å². The number of nitrogens with one attached hydrogen (secondary N) is 2. The van der Waals surface area contributed by atoms with Crippen molar-refractivity contribution in [1.29, 1.82) is 0 Å². The van der Waals surface area contributed by atoms with Crippen LogP contribution in [0.25, 0.3) is 33.3 Å². The molecule has 1 aliphatic heterocycles. The van der Waals surface area contributed by atoms with Crippen molar-refractivity contribution in [3.8, 4) is 11.1 Å². The molecule has 2 atom stereocenters. The molecule has 0 saturated carbocycles. The van der Waals surface area contributed by atoms with Crippen molar-refractivity contribution >= 4 is 22.2 Å². The van der Waals surface area contributed by atoms with Crippen LogP contribution in [0.15, 0.2) is 41.6 Å². The summed E-state index contributed by atoms with van der Waals surface area (Å²) < 4.78 is 6.92. The number of rotatable bonds is 3. The topological polar surface area (TPSA) is 109 Å². The average Bonchev–Trinajstić information content (AvgIpc) is 3.34. The third-order valence-electron chi connectivity index (χ3n) is 4.94. The summed E-state index contributed by atoms with van der Waals surface area (Å²) in [5.41, 5.74) is 3.64. The number of aliphatic hydroxyl groups excluding tert-OH is 1. The van der Waals surface area contributed by atoms with Crippen molar-refractivity contribution in [3.05, 3.63) is 47.3 Å². The Balaban J connectivity index is 1.59. The third-order valence-corrected chi connectivity index (χ3v) is 4.94. The van der Waals surface area contributed by atoms with E-state index in [1.807, 2.05) is 24.4 Å². The lowest BCUT2D eigenvalue weighted by Crippen LogP contribution is -2.28. The molecule has 1 saturated heterocycles. The van der Waals surface area contributed by atoms with Crippen LogP contribution in [0, 0.1) is 5.92 Å². The normalized spacial score (nSPS) is 20.3. The molecular formula is C18H17N5O3. The number of H-pyrrole nitrogens is 2. The Bertz CT molecular complexity index is 1160. The number of aromatic amines is 2. The summed E-state index contributed by atoms with van der Waals surface area (Å²) >= 11 is 0. The van der Waals surface area contributed by atoms with Crippen molar-refractivity contribution in [2.75, 3.05) is 13.2 Å². The number of imidazole rings is 1. The van der Waals surface area contributed by atoms with Gasteiger partial charge in [0.05, 0.1) is 24.8 Å². The van der Waals surface area contributed by atoms with E-state index in [0.29, 0.717) is 30.9 Å². The Labute approximate surface area is 147 Å². The van der Waals surface area contributed by atoms with Gasteiger partial charge in [-0.3, -0.25) is 9.55 Å². The van der Waals surface area contributed by atoms with E-state index in [-0.39, 0.29) is 11.6 Å². The van der Waals surface area contributed by atoms with Crippen molar-refractivity contribution < 1.29 is 9.84 Å². The summed E-state index contributed by atoms with van der Waals surface area (Å²) in [6.07, 6.45) is 4.81. The van der Waals surface area contributed by atoms with Crippen LogP contribution in [-0.2, 0) is 11.3 Å². The lowest BCUT2D eigenvalue weighted by Gasteiger charge is -2.13. The van der Waals surface area contributed by atoms with Crippen LogP contribution in [0.5, 0.6) is 0 Å². The number of ether oxygens (including phenoxy) is 1. The van der Waals surface area contributed by atoms with E-state index in [0.717, 1.165) is 22.2 Å². The fraction of sp³-hybridized carbons (Fsp3) is 0.278. The Kier molecular flexibility index (Phi) is 3.41. The molecule has 1 fully saturated rings. The van der Waals surface area contributed by atoms with Crippen LogP contribution >= 0.6 is 0 Å². The Morgan fingerprint density at radius 2 is 2.00 bits per heavy atom. The molecule has 0 unspecified atom stereocenters. The molecule has 0 radical (unpaired) electrons. The SMILES string of the molecule is O=c1[nH]c2ncc(-c3cnc4[nH]ccc4c3)cc2n1C[C@@H]1COC[C@H]1O. The van der Waals surface area contributed by atoms with Crippen LogP contribution in [0.1, 0.15) is 0 Å². The predicted octanol–water partition coefficient (Wildman–Crippen LogP) is 1.28. The number of pyridine rings is 2. The monoisotopic (exact) mass is 351 g/mol. The average molecular weight is 351 g/mol. The minimum atomic E-state index is -0.553. The fourth-order valence-corrected chi connectivity index (χ4v) is 3.47. The molecule has 132 valence electrons. The summed E-state index contributed by atoms with van der Waals surface area (Å²) in [4.78, 5) is 27.0. The quantitative estimate of drug-likeness (QED) is 0.515. The van der Waals surface area contributed by atoms with Gasteiger partial charge in [-0.1, -0.05) is 0 Å². The highest BCUT2D eigenvalue weighted by Gasteiger charge is 2.27. The molecule has 4 aromatic rings. The number of hydrogen-bond donors (Lipinski definition) is 3. The molecule has 3 N–H and O–H groups in total. The molecule has 5 heterocycles. The van der Waals surface area contributed by atoms with Crippen LogP contribution < -0.4 is 5.69 Å². The van der Waals surface area contributed by atoms with E-state index in [4.69, 9.17) is 4.74 Å². The van der Waals surface area contributed by atoms with Gasteiger partial charge >= 0.3 is 5.69 Å². The molecule has 8 heteroatoms. The number of aromatic nitrogens is 5. The highest BCUT2D eigenvalue weighted by molar-refractivity contribution is 5.84. The van der Waals surface area contributed by atoms with E-state index in [1.165, 1.54) is 0 Å². The summed E-state index contributed by atoms with van der Waals surface area (Å²) in [7, 11) is 0. The van der Waals surface area contributed by atoms with Gasteiger partial charge in [-0.15, -0.1) is 0 Å². The number of fused-ring (bicyclic) bond motifs is 2. The minimum absolute atomic E-state index is 0.103. The van der Waals surface area contributed by atoms with E-state index >= 15 is 0 Å². The zero-order chi connectivity index (χ0) is 17.7. The predicted molar refractivity (Wildman–Crippen MR) is 95.8 cm³/mol. The van der Waals surface area contributed by atoms with Crippen molar-refractivity contribution in [2.45, 2.75) is 12.6 Å². The molecule has 0 aromatic carbocycles. The lowest BCUT2D eigenvalue weighted by atomic mass is 10.1. The molecule has 8 nitrogen and oxygen atoms in total. The second kappa shape index (κ2) is 5.79. The molecule has 0 aliphatic carbocycles. The lowest BCUT2D eigenvalue weighted by molar-refractivity contribution is 0.115. The van der Waals surface area contributed by atoms with Gasteiger partial charge in [0.15, 0.2) is 5.65 Å². The molecule has 0 amide bonds. The van der Waals surface area contributed by atoms with Crippen molar-refractivity contribution in [2.24, 2.45) is 5.92 Å². The number of nitrogens with zero attached hydrogens (tertiary/aromatic N) is 3. The summed E-state index contributed by atoms with van der Waals surface area (Å²) in [5.74, 6) is -0.103. The Morgan fingerprint density at radius 3 is 2.81 bits per heavy atom. The molecule has 0 bridgehead atoms. The molecule has 0 spiro atoms. The van der Waals surface area contributed by atoms with Gasteiger partial charge in [0.25, 0.3) is 0 Å². The van der Waals surface area contributed by atoms with Crippen LogP contribution in [0.2, 0.25) is 0 Å². The van der Waals surface area contributed by atoms with Crippen molar-refractivity contribution in [1.82, 2.24) is 24.5 Å². The molecule has 26 heavy (non-hydrogen) atoms. The van der Waals surface area contributed by atoms with E-state index < -0.39 is 6.10 Å². The maximum Gasteiger partial charge on any atom is 0.327 e. The minimum Gasteiger partial charge on any atom is -0.390 e. The van der Waals surface area contributed by atoms with Crippen LogP contribution in [-0.4, -0.2) is 48.9 Å². The van der Waals surface area contributed by atoms with Gasteiger partial charge in [-0.05, 0) is 18.2 Å². The fourth-order valence-electron chi connectivity index (χ4n) is 3.47. The molecular weight excluding hydrogens is 334 g/mol. The Hall–Kier alpha value is -2.97. The zero-order valence-electron chi connectivity index (χ0n) is 13.8. The maximum absolute atomic E-state index is 12.3. The number of aliphatic hydroxyl groups is 1. The summed E-state index contributed by atoms with van der Waals surface area (Å²) in [5, 5.41) is 11.0. The smallest absolute Gasteiger partial charge is 0.327 e. The molecule has 4 aromatic heterocycles. The standard InChI is InChI=1S/C18H17N5O3/c24-15-9-26-8-13(15)7-23-14-4-12(6-21-17(14)22-18(23)25)11-3-10-1-2-19-16(10)20-5-11/h1-6,13,15,24H,7-9H2,(H,19,20)(H,21,22,25)/t13-,15-/m1/s1. The third kappa shape index (κ3) is 2.42. The summed E-state index contributed by atoms with van der Waals surface area (Å²) in [6.45, 7) is 1.15. The number of hydrogen-bond acceptors (Lipinski definition) is 5. The first-order chi connectivity index (χ1) is 12.7. The van der Waals surface area contributed by atoms with Crippen LogP contribution in [0.4, 0.5) is 0 Å². The highest BCUT2D eigenvalue weighted by atomic mass is 16.5. The maximum atomic E-state index is 12.3. The van der Waals surface area contributed by atoms with Gasteiger partial charge in [0.1, 0.15) is 5.65 Å². The van der Waals surface area contributed by atoms with Crippen LogP contribution in [0.3, 0.4) is 0 Å². The van der Waals surface area contributed by atoms with Gasteiger partial charge in [-0.25, -0.2) is 14.8 Å². The largest absolute Gasteiger partial charge is 0.390 e. The highest BCUT2D eigenvalue weighted by Crippen LogP contribution is 2.25. The zero-order valence-corrected chi connectivity index (χ0v) is 13.8. The molecule has 5 rings (SSSR count). The second-order valence-corrected chi connectivity index (χ2v) is 6.64. The van der Waals surface area contributed by atoms with Crippen molar-refractivity contribution in [3.63, 3.8) is 0 Å². The first kappa shape index (κ1) is 15.3. The van der Waals surface area contributed by atoms with Gasteiger partial charge < -0.3 is 14.8 Å². The molecule has 1 aliphatic rings. The van der Waals surface area contributed by atoms with E-state index in [2.05, 4.69) is 19.9 Å². The Morgan fingerprint density at radius 1 is 1.19 bits per heavy atom. The summed E-state index contributed by atoms with van der Waals surface area (Å²) in [6, 6.07) is 5.93. The first-order valence-electron chi connectivity index (χ1n) is 8.47. The second-order valence-electron chi connectivity index (χ2n) is 6.64. The van der Waals surface area contributed by atoms with Gasteiger partial charge in [0.2, 0.25) is 0 Å². The van der Waals surface area contributed by atoms with Gasteiger partial charge in [0, 0.05) is 47.6 Å². The van der Waals surface area contributed by atoms with Gasteiger partial charge in [-0.2, -0.15) is 0 Å².